The molecule has 1 heterocycles. The summed E-state index contributed by atoms with van der Waals surface area (Å²) in [5.74, 6) is 0. The number of halogens is 5. The van der Waals surface area contributed by atoms with E-state index >= 15 is 0 Å². The topological polar surface area (TPSA) is 34.9 Å². The van der Waals surface area contributed by atoms with E-state index in [1.54, 1.807) is 25.1 Å². The summed E-state index contributed by atoms with van der Waals surface area (Å²) in [6.07, 6.45) is -4.68. The lowest BCUT2D eigenvalue weighted by Crippen LogP contribution is -2.09. The van der Waals surface area contributed by atoms with Crippen LogP contribution in [0.15, 0.2) is 22.7 Å². The standard InChI is InChI=1S/C12H7BrClF3N2O/c1-6-4-7(13)2-3-9(6)19-11(14)8(5-20)10(18-19)12(15,16)17/h2-5H,1H3. The highest BCUT2D eigenvalue weighted by molar-refractivity contribution is 9.10. The van der Waals surface area contributed by atoms with Crippen LogP contribution in [0.2, 0.25) is 5.15 Å². The van der Waals surface area contributed by atoms with Gasteiger partial charge in [-0.25, -0.2) is 4.68 Å². The Morgan fingerprint density at radius 3 is 2.50 bits per heavy atom. The molecule has 0 amide bonds. The van der Waals surface area contributed by atoms with Gasteiger partial charge in [-0.2, -0.15) is 18.3 Å². The Balaban J connectivity index is 2.70. The van der Waals surface area contributed by atoms with Crippen molar-refractivity contribution in [2.45, 2.75) is 13.1 Å². The second kappa shape index (κ2) is 5.21. The third-order valence-electron chi connectivity index (χ3n) is 2.64. The molecule has 20 heavy (non-hydrogen) atoms. The smallest absolute Gasteiger partial charge is 0.298 e. The number of aromatic nitrogens is 2. The number of aryl methyl sites for hydroxylation is 1. The molecular weight excluding hydrogens is 360 g/mol. The number of nitrogens with zero attached hydrogens (tertiary/aromatic N) is 2. The van der Waals surface area contributed by atoms with Crippen molar-refractivity contribution in [3.63, 3.8) is 0 Å². The number of carbonyl (C=O) groups excluding carboxylic acids is 1. The molecule has 0 N–H and O–H groups in total. The molecule has 0 aliphatic rings. The summed E-state index contributed by atoms with van der Waals surface area (Å²) >= 11 is 9.09. The number of hydrogen-bond donors (Lipinski definition) is 0. The minimum atomic E-state index is -4.74. The van der Waals surface area contributed by atoms with Crippen LogP contribution >= 0.6 is 27.5 Å². The SMILES string of the molecule is Cc1cc(Br)ccc1-n1nc(C(F)(F)F)c(C=O)c1Cl. The van der Waals surface area contributed by atoms with Crippen molar-refractivity contribution in [3.05, 3.63) is 44.6 Å². The predicted molar refractivity (Wildman–Crippen MR) is 71.4 cm³/mol. The van der Waals surface area contributed by atoms with Gasteiger partial charge in [0.15, 0.2) is 12.0 Å². The molecule has 0 fully saturated rings. The maximum absolute atomic E-state index is 12.8. The van der Waals surface area contributed by atoms with Gasteiger partial charge in [0.25, 0.3) is 0 Å². The van der Waals surface area contributed by atoms with Gasteiger partial charge in [0.05, 0.1) is 11.3 Å². The second-order valence-electron chi connectivity index (χ2n) is 4.01. The van der Waals surface area contributed by atoms with Gasteiger partial charge < -0.3 is 0 Å². The summed E-state index contributed by atoms with van der Waals surface area (Å²) in [5.41, 5.74) is -0.923. The molecule has 8 heteroatoms. The summed E-state index contributed by atoms with van der Waals surface area (Å²) < 4.78 is 40.1. The lowest BCUT2D eigenvalue weighted by molar-refractivity contribution is -0.141. The number of benzene rings is 1. The molecule has 1 aromatic heterocycles. The summed E-state index contributed by atoms with van der Waals surface area (Å²) in [5, 5.41) is 3.06. The minimum Gasteiger partial charge on any atom is -0.298 e. The molecule has 0 aliphatic carbocycles. The van der Waals surface area contributed by atoms with Crippen LogP contribution in [0.1, 0.15) is 21.6 Å². The maximum Gasteiger partial charge on any atom is 0.435 e. The highest BCUT2D eigenvalue weighted by atomic mass is 79.9. The average molecular weight is 368 g/mol. The molecule has 2 aromatic rings. The first-order valence-corrected chi connectivity index (χ1v) is 6.50. The van der Waals surface area contributed by atoms with Crippen LogP contribution in [0, 0.1) is 6.92 Å². The zero-order valence-corrected chi connectivity index (χ0v) is 12.3. The Morgan fingerprint density at radius 2 is 2.05 bits per heavy atom. The fraction of sp³-hybridized carbons (Fsp3) is 0.167. The fourth-order valence-corrected chi connectivity index (χ4v) is 2.48. The Bertz CT molecular complexity index is 682. The highest BCUT2D eigenvalue weighted by Gasteiger charge is 2.39. The van der Waals surface area contributed by atoms with Crippen LogP contribution in [-0.2, 0) is 6.18 Å². The molecule has 0 unspecified atom stereocenters. The molecule has 0 radical (unpaired) electrons. The van der Waals surface area contributed by atoms with Gasteiger partial charge in [-0.3, -0.25) is 4.79 Å². The van der Waals surface area contributed by atoms with Crippen molar-refractivity contribution in [1.82, 2.24) is 9.78 Å². The molecule has 2 rings (SSSR count). The van der Waals surface area contributed by atoms with Crippen LogP contribution in [0.5, 0.6) is 0 Å². The van der Waals surface area contributed by atoms with E-state index in [0.717, 1.165) is 9.15 Å². The van der Waals surface area contributed by atoms with Gasteiger partial charge in [-0.1, -0.05) is 27.5 Å². The number of alkyl halides is 3. The van der Waals surface area contributed by atoms with E-state index in [4.69, 9.17) is 11.6 Å². The Kier molecular flexibility index (Phi) is 3.93. The van der Waals surface area contributed by atoms with Gasteiger partial charge in [0.2, 0.25) is 0 Å². The highest BCUT2D eigenvalue weighted by Crippen LogP contribution is 2.35. The largest absolute Gasteiger partial charge is 0.435 e. The third kappa shape index (κ3) is 2.60. The molecule has 106 valence electrons. The van der Waals surface area contributed by atoms with Crippen LogP contribution in [-0.4, -0.2) is 16.1 Å². The summed E-state index contributed by atoms with van der Waals surface area (Å²) in [4.78, 5) is 10.8. The first-order valence-electron chi connectivity index (χ1n) is 5.33. The van der Waals surface area contributed by atoms with Crippen molar-refractivity contribution in [2.24, 2.45) is 0 Å². The average Bonchev–Trinajstić information content (AvgIpc) is 2.66. The monoisotopic (exact) mass is 366 g/mol. The third-order valence-corrected chi connectivity index (χ3v) is 3.49. The van der Waals surface area contributed by atoms with Crippen molar-refractivity contribution >= 4 is 33.8 Å². The molecule has 0 spiro atoms. The Hall–Kier alpha value is -1.34. The van der Waals surface area contributed by atoms with Gasteiger partial charge in [0, 0.05) is 4.47 Å². The molecule has 0 atom stereocenters. The Labute approximate surface area is 125 Å². The van der Waals surface area contributed by atoms with Crippen LogP contribution in [0.4, 0.5) is 13.2 Å². The van der Waals surface area contributed by atoms with Crippen molar-refractivity contribution in [1.29, 1.82) is 0 Å². The lowest BCUT2D eigenvalue weighted by Gasteiger charge is -2.07. The first-order chi connectivity index (χ1) is 9.25. The summed E-state index contributed by atoms with van der Waals surface area (Å²) in [6, 6.07) is 4.92. The summed E-state index contributed by atoms with van der Waals surface area (Å²) in [7, 11) is 0. The number of carbonyl (C=O) groups is 1. The molecule has 0 saturated carbocycles. The van der Waals surface area contributed by atoms with E-state index < -0.39 is 17.4 Å². The predicted octanol–water partition coefficient (Wildman–Crippen LogP) is 4.43. The van der Waals surface area contributed by atoms with E-state index in [0.29, 0.717) is 11.3 Å². The summed E-state index contributed by atoms with van der Waals surface area (Å²) in [6.45, 7) is 1.70. The number of rotatable bonds is 2. The molecule has 0 aliphatic heterocycles. The molecule has 0 saturated heterocycles. The van der Waals surface area contributed by atoms with Gasteiger partial charge in [-0.15, -0.1) is 0 Å². The minimum absolute atomic E-state index is 0.0584. The maximum atomic E-state index is 12.8. The molecule has 0 bridgehead atoms. The molecule has 1 aromatic carbocycles. The zero-order valence-electron chi connectivity index (χ0n) is 10.0. The fourth-order valence-electron chi connectivity index (χ4n) is 1.74. The van der Waals surface area contributed by atoms with E-state index in [-0.39, 0.29) is 11.4 Å². The number of aldehydes is 1. The lowest BCUT2D eigenvalue weighted by atomic mass is 10.2. The van der Waals surface area contributed by atoms with Crippen molar-refractivity contribution < 1.29 is 18.0 Å². The van der Waals surface area contributed by atoms with E-state index in [2.05, 4.69) is 21.0 Å². The second-order valence-corrected chi connectivity index (χ2v) is 5.29. The van der Waals surface area contributed by atoms with Gasteiger partial charge >= 0.3 is 6.18 Å². The van der Waals surface area contributed by atoms with Crippen LogP contribution < -0.4 is 0 Å². The van der Waals surface area contributed by atoms with Crippen molar-refractivity contribution in [3.8, 4) is 5.69 Å². The Morgan fingerprint density at radius 1 is 1.40 bits per heavy atom. The van der Waals surface area contributed by atoms with E-state index in [1.807, 2.05) is 0 Å². The quantitative estimate of drug-likeness (QED) is 0.736. The first kappa shape index (κ1) is 15.1. The van der Waals surface area contributed by atoms with Gasteiger partial charge in [-0.05, 0) is 30.7 Å². The van der Waals surface area contributed by atoms with Gasteiger partial charge in [0.1, 0.15) is 5.15 Å². The van der Waals surface area contributed by atoms with E-state index in [1.165, 1.54) is 0 Å². The molecular formula is C12H7BrClF3N2O. The number of hydrogen-bond acceptors (Lipinski definition) is 2. The molecule has 3 nitrogen and oxygen atoms in total. The normalized spacial score (nSPS) is 11.7. The van der Waals surface area contributed by atoms with E-state index in [9.17, 15) is 18.0 Å². The van der Waals surface area contributed by atoms with Crippen molar-refractivity contribution in [2.75, 3.05) is 0 Å². The zero-order chi connectivity index (χ0) is 15.1. The van der Waals surface area contributed by atoms with Crippen LogP contribution in [0.25, 0.3) is 5.69 Å². The van der Waals surface area contributed by atoms with Crippen LogP contribution in [0.3, 0.4) is 0 Å².